The van der Waals surface area contributed by atoms with Crippen LogP contribution in [0.5, 0.6) is 0 Å². The summed E-state index contributed by atoms with van der Waals surface area (Å²) in [6.45, 7) is -0.469. The summed E-state index contributed by atoms with van der Waals surface area (Å²) in [7, 11) is 2.57. The molecule has 0 bridgehead atoms. The lowest BCUT2D eigenvalue weighted by Crippen LogP contribution is -2.20. The van der Waals surface area contributed by atoms with E-state index in [2.05, 4.69) is 14.8 Å². The summed E-state index contributed by atoms with van der Waals surface area (Å²) in [5, 5.41) is 2.54. The third-order valence-corrected chi connectivity index (χ3v) is 3.68. The average Bonchev–Trinajstić information content (AvgIpc) is 2.76. The first kappa shape index (κ1) is 21.4. The van der Waals surface area contributed by atoms with Gasteiger partial charge in [-0.25, -0.2) is 14.4 Å². The second-order valence-corrected chi connectivity index (χ2v) is 5.67. The fourth-order valence-electron chi connectivity index (χ4n) is 2.20. The molecule has 29 heavy (non-hydrogen) atoms. The molecule has 8 heteroatoms. The van der Waals surface area contributed by atoms with Crippen LogP contribution in [0.3, 0.4) is 0 Å². The lowest BCUT2D eigenvalue weighted by atomic mass is 10.1. The van der Waals surface area contributed by atoms with E-state index in [-0.39, 0.29) is 0 Å². The molecule has 0 unspecified atom stereocenters. The first-order valence-electron chi connectivity index (χ1n) is 8.44. The number of carbonyl (C=O) groups is 4. The van der Waals surface area contributed by atoms with Crippen LogP contribution in [0.15, 0.2) is 54.6 Å². The maximum Gasteiger partial charge on any atom is 0.337 e. The molecule has 0 aromatic heterocycles. The van der Waals surface area contributed by atoms with Crippen molar-refractivity contribution in [2.24, 2.45) is 0 Å². The number of anilines is 1. The molecule has 0 spiro atoms. The minimum Gasteiger partial charge on any atom is -0.465 e. The van der Waals surface area contributed by atoms with Gasteiger partial charge in [0.25, 0.3) is 5.91 Å². The van der Waals surface area contributed by atoms with Crippen LogP contribution in [0.1, 0.15) is 26.3 Å². The standard InChI is InChI=1S/C21H19NO7/c1-27-20(25)15-6-3-14(4-7-15)5-12-19(24)29-13-18(23)22-17-10-8-16(9-11-17)21(26)28-2/h3-12H,13H2,1-2H3,(H,22,23)/b12-5+. The molecule has 1 N–H and O–H groups in total. The molecule has 2 rings (SSSR count). The van der Waals surface area contributed by atoms with Crippen LogP contribution >= 0.6 is 0 Å². The van der Waals surface area contributed by atoms with E-state index in [0.29, 0.717) is 22.4 Å². The number of benzene rings is 2. The minimum absolute atomic E-state index is 0.349. The summed E-state index contributed by atoms with van der Waals surface area (Å²) in [6, 6.07) is 12.5. The van der Waals surface area contributed by atoms with Gasteiger partial charge < -0.3 is 19.5 Å². The Bertz CT molecular complexity index is 915. The fourth-order valence-corrected chi connectivity index (χ4v) is 2.20. The van der Waals surface area contributed by atoms with E-state index in [4.69, 9.17) is 4.74 Å². The van der Waals surface area contributed by atoms with Gasteiger partial charge in [-0.05, 0) is 48.0 Å². The van der Waals surface area contributed by atoms with Gasteiger partial charge in [0.2, 0.25) is 0 Å². The molecular weight excluding hydrogens is 378 g/mol. The molecule has 0 aliphatic heterocycles. The van der Waals surface area contributed by atoms with Crippen molar-refractivity contribution in [2.75, 3.05) is 26.1 Å². The molecule has 0 aliphatic carbocycles. The molecule has 0 heterocycles. The molecule has 0 saturated heterocycles. The van der Waals surface area contributed by atoms with Gasteiger partial charge in [-0.3, -0.25) is 4.79 Å². The van der Waals surface area contributed by atoms with Gasteiger partial charge >= 0.3 is 17.9 Å². The fraction of sp³-hybridized carbons (Fsp3) is 0.143. The van der Waals surface area contributed by atoms with Crippen molar-refractivity contribution in [3.63, 3.8) is 0 Å². The number of ether oxygens (including phenoxy) is 3. The van der Waals surface area contributed by atoms with Crippen LogP contribution in [-0.2, 0) is 23.8 Å². The van der Waals surface area contributed by atoms with Crippen LogP contribution in [0.25, 0.3) is 6.08 Å². The van der Waals surface area contributed by atoms with Crippen molar-refractivity contribution in [1.29, 1.82) is 0 Å². The van der Waals surface area contributed by atoms with Crippen molar-refractivity contribution in [3.8, 4) is 0 Å². The Morgan fingerprint density at radius 3 is 1.86 bits per heavy atom. The Morgan fingerprint density at radius 2 is 1.34 bits per heavy atom. The summed E-state index contributed by atoms with van der Waals surface area (Å²) < 4.78 is 14.1. The van der Waals surface area contributed by atoms with E-state index in [1.807, 2.05) is 0 Å². The third-order valence-electron chi connectivity index (χ3n) is 3.68. The molecule has 0 radical (unpaired) electrons. The smallest absolute Gasteiger partial charge is 0.337 e. The summed E-state index contributed by atoms with van der Waals surface area (Å²) in [5.41, 5.74) is 1.86. The van der Waals surface area contributed by atoms with Gasteiger partial charge in [0.05, 0.1) is 25.3 Å². The normalized spacial score (nSPS) is 10.3. The third kappa shape index (κ3) is 6.62. The molecule has 0 fully saturated rings. The predicted octanol–water partition coefficient (Wildman–Crippen LogP) is 2.45. The largest absolute Gasteiger partial charge is 0.465 e. The van der Waals surface area contributed by atoms with Crippen molar-refractivity contribution in [3.05, 3.63) is 71.3 Å². The number of amides is 1. The van der Waals surface area contributed by atoms with Gasteiger partial charge in [0.15, 0.2) is 6.61 Å². The van der Waals surface area contributed by atoms with Crippen molar-refractivity contribution < 1.29 is 33.4 Å². The van der Waals surface area contributed by atoms with Crippen LogP contribution in [0.2, 0.25) is 0 Å². The Morgan fingerprint density at radius 1 is 0.828 bits per heavy atom. The Balaban J connectivity index is 1.80. The molecule has 8 nitrogen and oxygen atoms in total. The van der Waals surface area contributed by atoms with E-state index >= 15 is 0 Å². The number of hydrogen-bond donors (Lipinski definition) is 1. The van der Waals surface area contributed by atoms with Crippen LogP contribution in [0, 0.1) is 0 Å². The van der Waals surface area contributed by atoms with Gasteiger partial charge in [-0.2, -0.15) is 0 Å². The highest BCUT2D eigenvalue weighted by atomic mass is 16.5. The lowest BCUT2D eigenvalue weighted by Gasteiger charge is -2.06. The molecule has 0 atom stereocenters. The van der Waals surface area contributed by atoms with Crippen LogP contribution < -0.4 is 5.32 Å². The highest BCUT2D eigenvalue weighted by Gasteiger charge is 2.08. The Labute approximate surface area is 167 Å². The SMILES string of the molecule is COC(=O)c1ccc(/C=C/C(=O)OCC(=O)Nc2ccc(C(=O)OC)cc2)cc1. The lowest BCUT2D eigenvalue weighted by molar-refractivity contribution is -0.142. The van der Waals surface area contributed by atoms with E-state index in [1.165, 1.54) is 50.6 Å². The highest BCUT2D eigenvalue weighted by Crippen LogP contribution is 2.10. The number of methoxy groups -OCH3 is 2. The van der Waals surface area contributed by atoms with Crippen molar-refractivity contribution in [2.45, 2.75) is 0 Å². The van der Waals surface area contributed by atoms with Gasteiger partial charge in [-0.15, -0.1) is 0 Å². The molecule has 2 aromatic rings. The second-order valence-electron chi connectivity index (χ2n) is 5.67. The van der Waals surface area contributed by atoms with E-state index in [1.54, 1.807) is 24.3 Å². The van der Waals surface area contributed by atoms with Crippen molar-refractivity contribution in [1.82, 2.24) is 0 Å². The van der Waals surface area contributed by atoms with E-state index in [0.717, 1.165) is 0 Å². The zero-order valence-corrected chi connectivity index (χ0v) is 15.8. The number of rotatable bonds is 7. The zero-order valence-electron chi connectivity index (χ0n) is 15.8. The summed E-state index contributed by atoms with van der Waals surface area (Å²) in [6.07, 6.45) is 2.67. The first-order chi connectivity index (χ1) is 13.9. The average molecular weight is 397 g/mol. The summed E-state index contributed by atoms with van der Waals surface area (Å²) >= 11 is 0. The molecule has 0 saturated carbocycles. The molecule has 150 valence electrons. The monoisotopic (exact) mass is 397 g/mol. The molecular formula is C21H19NO7. The predicted molar refractivity (Wildman–Crippen MR) is 104 cm³/mol. The Hall–Kier alpha value is -3.94. The van der Waals surface area contributed by atoms with Gasteiger partial charge in [-0.1, -0.05) is 12.1 Å². The first-order valence-corrected chi connectivity index (χ1v) is 8.44. The number of esters is 3. The number of carbonyl (C=O) groups excluding carboxylic acids is 4. The summed E-state index contributed by atoms with van der Waals surface area (Å²) in [4.78, 5) is 46.3. The second kappa shape index (κ2) is 10.4. The number of hydrogen-bond acceptors (Lipinski definition) is 7. The number of nitrogens with one attached hydrogen (secondary N) is 1. The molecule has 0 aliphatic rings. The molecule has 1 amide bonds. The maximum atomic E-state index is 11.8. The van der Waals surface area contributed by atoms with Crippen LogP contribution in [0.4, 0.5) is 5.69 Å². The zero-order chi connectivity index (χ0) is 21.2. The molecule has 2 aromatic carbocycles. The van der Waals surface area contributed by atoms with Gasteiger partial charge in [0.1, 0.15) is 0 Å². The highest BCUT2D eigenvalue weighted by molar-refractivity contribution is 5.95. The topological polar surface area (TPSA) is 108 Å². The van der Waals surface area contributed by atoms with E-state index in [9.17, 15) is 19.2 Å². The van der Waals surface area contributed by atoms with E-state index < -0.39 is 30.4 Å². The summed E-state index contributed by atoms with van der Waals surface area (Å²) in [5.74, 6) is -2.16. The van der Waals surface area contributed by atoms with Crippen LogP contribution in [-0.4, -0.2) is 44.6 Å². The van der Waals surface area contributed by atoms with Gasteiger partial charge in [0, 0.05) is 11.8 Å². The quantitative estimate of drug-likeness (QED) is 0.434. The Kier molecular flexibility index (Phi) is 7.67. The minimum atomic E-state index is -0.696. The maximum absolute atomic E-state index is 11.8. The van der Waals surface area contributed by atoms with Crippen molar-refractivity contribution >= 4 is 35.6 Å².